The number of rotatable bonds is 3. The predicted octanol–water partition coefficient (Wildman–Crippen LogP) is 1.80. The number of amides is 1. The number of nitrogens with zero attached hydrogens (tertiary/aromatic N) is 1. The number of benzene rings is 1. The number of hydrogen-bond donors (Lipinski definition) is 1. The summed E-state index contributed by atoms with van der Waals surface area (Å²) in [5.74, 6) is -1.81. The Morgan fingerprint density at radius 2 is 1.78 bits per heavy atom. The Morgan fingerprint density at radius 1 is 1.04 bits per heavy atom. The minimum Gasteiger partial charge on any atom is -0.348 e. The van der Waals surface area contributed by atoms with E-state index < -0.39 is 30.1 Å². The third-order valence-corrected chi connectivity index (χ3v) is 4.61. The summed E-state index contributed by atoms with van der Waals surface area (Å²) < 4.78 is 29.3. The maximum Gasteiger partial charge on any atom is 0.271 e. The minimum atomic E-state index is -0.795. The van der Waals surface area contributed by atoms with E-state index in [-0.39, 0.29) is 12.0 Å². The molecule has 3 heterocycles. The fraction of sp³-hybridized carbons (Fsp3) is 0.579. The number of carbonyl (C=O) groups is 1. The molecule has 146 valence electrons. The van der Waals surface area contributed by atoms with Gasteiger partial charge in [-0.25, -0.2) is 5.43 Å². The van der Waals surface area contributed by atoms with Crippen LogP contribution in [0.3, 0.4) is 0 Å². The average Bonchev–Trinajstić information content (AvgIpc) is 3.22. The van der Waals surface area contributed by atoms with E-state index in [1.54, 1.807) is 24.3 Å². The van der Waals surface area contributed by atoms with Gasteiger partial charge in [0.25, 0.3) is 5.91 Å². The van der Waals surface area contributed by atoms with Crippen molar-refractivity contribution in [3.05, 3.63) is 35.9 Å². The lowest BCUT2D eigenvalue weighted by Crippen LogP contribution is -2.41. The molecule has 1 N–H and O–H groups in total. The van der Waals surface area contributed by atoms with Gasteiger partial charge in [-0.3, -0.25) is 4.79 Å². The molecule has 4 rings (SSSR count). The first-order valence-corrected chi connectivity index (χ1v) is 9.00. The van der Waals surface area contributed by atoms with Crippen LogP contribution in [0.2, 0.25) is 0 Å². The van der Waals surface area contributed by atoms with Crippen LogP contribution in [0.1, 0.15) is 38.1 Å². The normalized spacial score (nSPS) is 35.3. The molecule has 0 radical (unpaired) electrons. The topological polar surface area (TPSA) is 87.6 Å². The molecule has 3 aliphatic heterocycles. The molecule has 0 saturated carbocycles. The van der Waals surface area contributed by atoms with Crippen molar-refractivity contribution < 1.29 is 28.5 Å². The van der Waals surface area contributed by atoms with Crippen LogP contribution in [0.5, 0.6) is 0 Å². The van der Waals surface area contributed by atoms with E-state index in [2.05, 4.69) is 10.5 Å². The van der Waals surface area contributed by atoms with E-state index in [4.69, 9.17) is 23.7 Å². The summed E-state index contributed by atoms with van der Waals surface area (Å²) in [4.78, 5) is 12.4. The molecular weight excluding hydrogens is 352 g/mol. The predicted molar refractivity (Wildman–Crippen MR) is 94.9 cm³/mol. The Morgan fingerprint density at radius 3 is 2.44 bits per heavy atom. The van der Waals surface area contributed by atoms with Crippen LogP contribution in [-0.2, 0) is 23.7 Å². The van der Waals surface area contributed by atoms with Gasteiger partial charge in [0.05, 0.1) is 6.61 Å². The highest BCUT2D eigenvalue weighted by Gasteiger charge is 2.56. The summed E-state index contributed by atoms with van der Waals surface area (Å²) >= 11 is 0. The smallest absolute Gasteiger partial charge is 0.271 e. The number of fused-ring (bicyclic) bond motifs is 1. The van der Waals surface area contributed by atoms with Gasteiger partial charge in [-0.05, 0) is 39.8 Å². The van der Waals surface area contributed by atoms with Gasteiger partial charge >= 0.3 is 0 Å². The Hall–Kier alpha value is -1.84. The van der Waals surface area contributed by atoms with Crippen LogP contribution >= 0.6 is 0 Å². The van der Waals surface area contributed by atoms with Gasteiger partial charge in [0, 0.05) is 5.56 Å². The molecule has 0 bridgehead atoms. The Kier molecular flexibility index (Phi) is 4.56. The Balaban J connectivity index is 1.56. The van der Waals surface area contributed by atoms with Crippen LogP contribution in [0.25, 0.3) is 0 Å². The van der Waals surface area contributed by atoms with E-state index in [1.807, 2.05) is 33.8 Å². The standard InChI is InChI=1S/C19H24N2O6/c1-18(2)23-10-12(25-18)14-13(15-17(24-14)27-19(3,4)26-15)20-21-16(22)11-8-6-5-7-9-11/h5-9,12,14-15,17H,10H2,1-4H3,(H,21,22)/b20-13+. The van der Waals surface area contributed by atoms with E-state index in [9.17, 15) is 4.79 Å². The molecule has 8 nitrogen and oxygen atoms in total. The largest absolute Gasteiger partial charge is 0.348 e. The van der Waals surface area contributed by atoms with E-state index in [0.717, 1.165) is 0 Å². The van der Waals surface area contributed by atoms with Crippen molar-refractivity contribution in [1.29, 1.82) is 0 Å². The zero-order valence-electron chi connectivity index (χ0n) is 15.8. The van der Waals surface area contributed by atoms with Gasteiger partial charge in [-0.15, -0.1) is 0 Å². The zero-order valence-corrected chi connectivity index (χ0v) is 15.8. The second kappa shape index (κ2) is 6.65. The molecule has 0 spiro atoms. The van der Waals surface area contributed by atoms with Gasteiger partial charge in [0.15, 0.2) is 24.0 Å². The lowest BCUT2D eigenvalue weighted by atomic mass is 10.1. The molecule has 4 unspecified atom stereocenters. The highest BCUT2D eigenvalue weighted by atomic mass is 16.8. The van der Waals surface area contributed by atoms with Crippen LogP contribution in [0.4, 0.5) is 0 Å². The lowest BCUT2D eigenvalue weighted by molar-refractivity contribution is -0.211. The summed E-state index contributed by atoms with van der Waals surface area (Å²) in [6.45, 7) is 7.65. The third-order valence-electron chi connectivity index (χ3n) is 4.61. The second-order valence-corrected chi connectivity index (χ2v) is 7.69. The first-order chi connectivity index (χ1) is 12.7. The molecule has 3 aliphatic rings. The summed E-state index contributed by atoms with van der Waals surface area (Å²) in [7, 11) is 0. The number of nitrogens with one attached hydrogen (secondary N) is 1. The van der Waals surface area contributed by atoms with Gasteiger partial charge in [-0.1, -0.05) is 18.2 Å². The fourth-order valence-corrected chi connectivity index (χ4v) is 3.45. The van der Waals surface area contributed by atoms with Crippen molar-refractivity contribution >= 4 is 11.6 Å². The summed E-state index contributed by atoms with van der Waals surface area (Å²) in [6.07, 6.45) is -2.03. The van der Waals surface area contributed by atoms with E-state index in [1.165, 1.54) is 0 Å². The van der Waals surface area contributed by atoms with Crippen molar-refractivity contribution in [3.8, 4) is 0 Å². The molecular formula is C19H24N2O6. The molecule has 1 amide bonds. The van der Waals surface area contributed by atoms with Gasteiger partial charge in [-0.2, -0.15) is 5.10 Å². The minimum absolute atomic E-state index is 0.313. The van der Waals surface area contributed by atoms with E-state index in [0.29, 0.717) is 17.9 Å². The highest BCUT2D eigenvalue weighted by molar-refractivity contribution is 5.99. The second-order valence-electron chi connectivity index (χ2n) is 7.69. The van der Waals surface area contributed by atoms with Gasteiger partial charge in [0.2, 0.25) is 0 Å². The zero-order chi connectivity index (χ0) is 19.2. The van der Waals surface area contributed by atoms with Crippen molar-refractivity contribution in [2.45, 2.75) is 63.9 Å². The van der Waals surface area contributed by atoms with Gasteiger partial charge < -0.3 is 23.7 Å². The number of ether oxygens (including phenoxy) is 5. The third kappa shape index (κ3) is 3.76. The van der Waals surface area contributed by atoms with Crippen LogP contribution in [-0.4, -0.2) is 54.4 Å². The molecule has 1 aromatic rings. The fourth-order valence-electron chi connectivity index (χ4n) is 3.45. The Bertz CT molecular complexity index is 748. The number of hydrogen-bond acceptors (Lipinski definition) is 7. The van der Waals surface area contributed by atoms with Crippen molar-refractivity contribution in [3.63, 3.8) is 0 Å². The monoisotopic (exact) mass is 376 g/mol. The average molecular weight is 376 g/mol. The Labute approximate surface area is 157 Å². The summed E-state index contributed by atoms with van der Waals surface area (Å²) in [5, 5.41) is 4.33. The quantitative estimate of drug-likeness (QED) is 0.810. The molecule has 0 aromatic heterocycles. The summed E-state index contributed by atoms with van der Waals surface area (Å²) in [5.41, 5.74) is 3.63. The first-order valence-electron chi connectivity index (χ1n) is 9.00. The molecule has 3 saturated heterocycles. The van der Waals surface area contributed by atoms with Gasteiger partial charge in [0.1, 0.15) is 17.9 Å². The molecule has 3 fully saturated rings. The molecule has 4 atom stereocenters. The van der Waals surface area contributed by atoms with Crippen LogP contribution < -0.4 is 5.43 Å². The molecule has 0 aliphatic carbocycles. The molecule has 27 heavy (non-hydrogen) atoms. The molecule has 1 aromatic carbocycles. The van der Waals surface area contributed by atoms with Crippen molar-refractivity contribution in [2.24, 2.45) is 5.10 Å². The number of hydrazone groups is 1. The van der Waals surface area contributed by atoms with E-state index >= 15 is 0 Å². The highest BCUT2D eigenvalue weighted by Crippen LogP contribution is 2.39. The van der Waals surface area contributed by atoms with Crippen LogP contribution in [0.15, 0.2) is 35.4 Å². The maximum atomic E-state index is 12.4. The lowest BCUT2D eigenvalue weighted by Gasteiger charge is -2.24. The van der Waals surface area contributed by atoms with Crippen molar-refractivity contribution in [1.82, 2.24) is 5.43 Å². The first kappa shape index (κ1) is 18.5. The SMILES string of the molecule is CC1(C)OCC(C2OC3OC(C)(C)OC3/C2=N/NC(=O)c2ccccc2)O1. The molecule has 8 heteroatoms. The van der Waals surface area contributed by atoms with Crippen LogP contribution in [0, 0.1) is 0 Å². The maximum absolute atomic E-state index is 12.4. The summed E-state index contributed by atoms with van der Waals surface area (Å²) in [6, 6.07) is 8.87. The van der Waals surface area contributed by atoms with Crippen molar-refractivity contribution in [2.75, 3.05) is 6.61 Å². The number of carbonyl (C=O) groups excluding carboxylic acids is 1.